The van der Waals surface area contributed by atoms with Crippen LogP contribution >= 0.6 is 23.1 Å². The zero-order chi connectivity index (χ0) is 13.5. The van der Waals surface area contributed by atoms with Crippen molar-refractivity contribution >= 4 is 23.1 Å². The monoisotopic (exact) mass is 297 g/mol. The molecule has 2 rings (SSSR count). The van der Waals surface area contributed by atoms with Crippen LogP contribution in [-0.2, 0) is 11.3 Å². The van der Waals surface area contributed by atoms with Crippen LogP contribution in [0.25, 0.3) is 0 Å². The molecule has 2 nitrogen and oxygen atoms in total. The summed E-state index contributed by atoms with van der Waals surface area (Å²) in [4.78, 5) is 0.965. The lowest BCUT2D eigenvalue weighted by atomic mass is 10.2. The Morgan fingerprint density at radius 1 is 1.32 bits per heavy atom. The maximum atomic E-state index is 13.9. The number of benzene rings is 1. The van der Waals surface area contributed by atoms with E-state index < -0.39 is 0 Å². The van der Waals surface area contributed by atoms with E-state index >= 15 is 0 Å². The SMILES string of the molecule is COCCNCc1c(F)cccc1Sc1cccs1. The highest BCUT2D eigenvalue weighted by Gasteiger charge is 2.09. The fourth-order valence-corrected chi connectivity index (χ4v) is 3.50. The van der Waals surface area contributed by atoms with E-state index in [1.165, 1.54) is 10.3 Å². The summed E-state index contributed by atoms with van der Waals surface area (Å²) in [6, 6.07) is 9.27. The van der Waals surface area contributed by atoms with Gasteiger partial charge in [0.25, 0.3) is 0 Å². The Balaban J connectivity index is 2.07. The lowest BCUT2D eigenvalue weighted by molar-refractivity contribution is 0.199. The van der Waals surface area contributed by atoms with E-state index in [2.05, 4.69) is 5.32 Å². The quantitative estimate of drug-likeness (QED) is 0.786. The third-order valence-corrected chi connectivity index (χ3v) is 4.71. The molecule has 1 N–H and O–H groups in total. The lowest BCUT2D eigenvalue weighted by Gasteiger charge is -2.10. The summed E-state index contributed by atoms with van der Waals surface area (Å²) in [5.41, 5.74) is 0.719. The van der Waals surface area contributed by atoms with E-state index in [4.69, 9.17) is 4.74 Å². The number of nitrogens with one attached hydrogen (secondary N) is 1. The Kier molecular flexibility index (Phi) is 5.85. The lowest BCUT2D eigenvalue weighted by Crippen LogP contribution is -2.19. The molecule has 0 spiro atoms. The van der Waals surface area contributed by atoms with Crippen LogP contribution in [0.4, 0.5) is 4.39 Å². The third-order valence-electron chi connectivity index (χ3n) is 2.57. The van der Waals surface area contributed by atoms with Crippen molar-refractivity contribution in [2.24, 2.45) is 0 Å². The molecule has 0 fully saturated rings. The van der Waals surface area contributed by atoms with Gasteiger partial charge in [-0.2, -0.15) is 0 Å². The zero-order valence-corrected chi connectivity index (χ0v) is 12.3. The second-order valence-electron chi connectivity index (χ2n) is 3.92. The summed E-state index contributed by atoms with van der Waals surface area (Å²) in [5.74, 6) is -0.161. The van der Waals surface area contributed by atoms with Gasteiger partial charge in [-0.1, -0.05) is 23.9 Å². The standard InChI is InChI=1S/C14H16FNOS2/c1-17-8-7-16-10-11-12(15)4-2-5-13(11)19-14-6-3-9-18-14/h2-6,9,16H,7-8,10H2,1H3. The first-order valence-corrected chi connectivity index (χ1v) is 7.69. The molecule has 0 saturated carbocycles. The Morgan fingerprint density at radius 3 is 2.95 bits per heavy atom. The van der Waals surface area contributed by atoms with Gasteiger partial charge in [0.15, 0.2) is 0 Å². The third kappa shape index (κ3) is 4.31. The summed E-state index contributed by atoms with van der Waals surface area (Å²) in [6.07, 6.45) is 0. The van der Waals surface area contributed by atoms with Crippen LogP contribution in [0, 0.1) is 5.82 Å². The number of ether oxygens (including phenoxy) is 1. The van der Waals surface area contributed by atoms with Crippen molar-refractivity contribution in [1.29, 1.82) is 0 Å². The van der Waals surface area contributed by atoms with Crippen molar-refractivity contribution in [3.05, 3.63) is 47.1 Å². The Morgan fingerprint density at radius 2 is 2.21 bits per heavy atom. The molecule has 0 radical (unpaired) electrons. The first kappa shape index (κ1) is 14.5. The van der Waals surface area contributed by atoms with E-state index in [0.717, 1.165) is 10.5 Å². The van der Waals surface area contributed by atoms with Gasteiger partial charge in [-0.05, 0) is 23.6 Å². The summed E-state index contributed by atoms with van der Waals surface area (Å²) in [7, 11) is 1.66. The van der Waals surface area contributed by atoms with Gasteiger partial charge in [0.1, 0.15) is 5.82 Å². The van der Waals surface area contributed by atoms with Crippen molar-refractivity contribution in [3.8, 4) is 0 Å². The summed E-state index contributed by atoms with van der Waals surface area (Å²) in [5, 5.41) is 5.21. The molecule has 0 aliphatic rings. The van der Waals surface area contributed by atoms with Gasteiger partial charge >= 0.3 is 0 Å². The van der Waals surface area contributed by atoms with Crippen LogP contribution in [-0.4, -0.2) is 20.3 Å². The highest BCUT2D eigenvalue weighted by atomic mass is 32.2. The predicted octanol–water partition coefficient (Wildman–Crippen LogP) is 3.77. The molecule has 5 heteroatoms. The molecule has 2 aromatic rings. The topological polar surface area (TPSA) is 21.3 Å². The number of halogens is 1. The van der Waals surface area contributed by atoms with Gasteiger partial charge in [-0.15, -0.1) is 11.3 Å². The average Bonchev–Trinajstić information content (AvgIpc) is 2.90. The normalized spacial score (nSPS) is 10.8. The molecule has 0 unspecified atom stereocenters. The smallest absolute Gasteiger partial charge is 0.128 e. The van der Waals surface area contributed by atoms with Crippen molar-refractivity contribution in [1.82, 2.24) is 5.32 Å². The molecule has 0 aliphatic heterocycles. The van der Waals surface area contributed by atoms with Crippen LogP contribution in [0.15, 0.2) is 44.8 Å². The second kappa shape index (κ2) is 7.65. The van der Waals surface area contributed by atoms with Crippen molar-refractivity contribution in [2.75, 3.05) is 20.3 Å². The fourth-order valence-electron chi connectivity index (χ4n) is 1.62. The van der Waals surface area contributed by atoms with Gasteiger partial charge in [0.2, 0.25) is 0 Å². The molecule has 1 heterocycles. The minimum absolute atomic E-state index is 0.161. The Labute approximate surface area is 121 Å². The van der Waals surface area contributed by atoms with Crippen LogP contribution in [0.2, 0.25) is 0 Å². The number of hydrogen-bond acceptors (Lipinski definition) is 4. The van der Waals surface area contributed by atoms with Gasteiger partial charge in [-0.3, -0.25) is 0 Å². The van der Waals surface area contributed by atoms with Crippen LogP contribution in [0.5, 0.6) is 0 Å². The largest absolute Gasteiger partial charge is 0.383 e. The Bertz CT molecular complexity index is 502. The second-order valence-corrected chi connectivity index (χ2v) is 6.21. The fraction of sp³-hybridized carbons (Fsp3) is 0.286. The van der Waals surface area contributed by atoms with Gasteiger partial charge < -0.3 is 10.1 Å². The molecule has 0 bridgehead atoms. The molecule has 0 saturated heterocycles. The number of rotatable bonds is 7. The number of thiophene rings is 1. The first-order valence-electron chi connectivity index (χ1n) is 5.99. The van der Waals surface area contributed by atoms with E-state index in [-0.39, 0.29) is 5.82 Å². The molecule has 102 valence electrons. The van der Waals surface area contributed by atoms with E-state index in [0.29, 0.717) is 19.7 Å². The summed E-state index contributed by atoms with van der Waals surface area (Å²) in [6.45, 7) is 1.86. The summed E-state index contributed by atoms with van der Waals surface area (Å²) >= 11 is 3.27. The van der Waals surface area contributed by atoms with E-state index in [9.17, 15) is 4.39 Å². The molecule has 1 aromatic heterocycles. The van der Waals surface area contributed by atoms with Gasteiger partial charge in [0.05, 0.1) is 10.8 Å². The van der Waals surface area contributed by atoms with Crippen molar-refractivity contribution in [3.63, 3.8) is 0 Å². The summed E-state index contributed by atoms with van der Waals surface area (Å²) < 4.78 is 20.0. The van der Waals surface area contributed by atoms with Crippen LogP contribution in [0.1, 0.15) is 5.56 Å². The highest BCUT2D eigenvalue weighted by Crippen LogP contribution is 2.34. The first-order chi connectivity index (χ1) is 9.31. The molecular weight excluding hydrogens is 281 g/mol. The minimum Gasteiger partial charge on any atom is -0.383 e. The van der Waals surface area contributed by atoms with Gasteiger partial charge in [0, 0.05) is 30.7 Å². The van der Waals surface area contributed by atoms with E-state index in [1.807, 2.05) is 23.6 Å². The highest BCUT2D eigenvalue weighted by molar-refractivity contribution is 8.01. The van der Waals surface area contributed by atoms with E-state index in [1.54, 1.807) is 36.3 Å². The molecule has 0 atom stereocenters. The van der Waals surface area contributed by atoms with Crippen LogP contribution in [0.3, 0.4) is 0 Å². The number of hydrogen-bond donors (Lipinski definition) is 1. The average molecular weight is 297 g/mol. The zero-order valence-electron chi connectivity index (χ0n) is 10.7. The van der Waals surface area contributed by atoms with Crippen LogP contribution < -0.4 is 5.32 Å². The maximum absolute atomic E-state index is 13.9. The molecule has 19 heavy (non-hydrogen) atoms. The molecule has 0 amide bonds. The molecule has 1 aromatic carbocycles. The van der Waals surface area contributed by atoms with Crippen molar-refractivity contribution in [2.45, 2.75) is 15.6 Å². The predicted molar refractivity (Wildman–Crippen MR) is 78.4 cm³/mol. The maximum Gasteiger partial charge on any atom is 0.128 e. The van der Waals surface area contributed by atoms with Gasteiger partial charge in [-0.25, -0.2) is 4.39 Å². The number of methoxy groups -OCH3 is 1. The Hall–Kier alpha value is -0.880. The minimum atomic E-state index is -0.161. The molecular formula is C14H16FNOS2. The molecule has 0 aliphatic carbocycles. The van der Waals surface area contributed by atoms with Crippen molar-refractivity contribution < 1.29 is 9.13 Å².